The molecule has 0 unspecified atom stereocenters. The minimum atomic E-state index is -4.37. The molecule has 0 spiro atoms. The first-order valence-corrected chi connectivity index (χ1v) is 8.27. The third kappa shape index (κ3) is 3.91. The summed E-state index contributed by atoms with van der Waals surface area (Å²) in [5.41, 5.74) is -0.111. The molecule has 5 nitrogen and oxygen atoms in total. The van der Waals surface area contributed by atoms with Gasteiger partial charge in [-0.3, -0.25) is 4.79 Å². The Morgan fingerprint density at radius 2 is 2.08 bits per heavy atom. The first kappa shape index (κ1) is 17.2. The van der Waals surface area contributed by atoms with Crippen molar-refractivity contribution in [1.29, 1.82) is 5.26 Å². The van der Waals surface area contributed by atoms with Gasteiger partial charge in [0.2, 0.25) is 5.91 Å². The number of anilines is 1. The molecule has 1 fully saturated rings. The zero-order valence-corrected chi connectivity index (χ0v) is 13.7. The second-order valence-electron chi connectivity index (χ2n) is 5.63. The van der Waals surface area contributed by atoms with E-state index in [1.165, 1.54) is 34.6 Å². The van der Waals surface area contributed by atoms with Crippen LogP contribution in [0.2, 0.25) is 0 Å². The predicted molar refractivity (Wildman–Crippen MR) is 86.5 cm³/mol. The quantitative estimate of drug-likeness (QED) is 0.843. The van der Waals surface area contributed by atoms with Crippen molar-refractivity contribution in [3.63, 3.8) is 0 Å². The highest BCUT2D eigenvalue weighted by molar-refractivity contribution is 7.19. The number of aromatic nitrogens is 1. The number of carbonyl (C=O) groups excluding carboxylic acids is 1. The number of likely N-dealkylation sites (tertiary alicyclic amines) is 1. The zero-order chi connectivity index (χ0) is 18.0. The number of hydrogen-bond donors (Lipinski definition) is 1. The Morgan fingerprint density at radius 1 is 1.36 bits per heavy atom. The van der Waals surface area contributed by atoms with Crippen molar-refractivity contribution in [2.24, 2.45) is 5.92 Å². The van der Waals surface area contributed by atoms with E-state index in [0.717, 1.165) is 12.1 Å². The molecule has 1 N–H and O–H groups in total. The first-order valence-electron chi connectivity index (χ1n) is 7.46. The van der Waals surface area contributed by atoms with Crippen LogP contribution in [0, 0.1) is 17.4 Å². The molecular weight excluding hydrogens is 353 g/mol. The lowest BCUT2D eigenvalue weighted by atomic mass is 10.1. The van der Waals surface area contributed by atoms with Gasteiger partial charge in [0, 0.05) is 19.3 Å². The highest BCUT2D eigenvalue weighted by Crippen LogP contribution is 2.33. The average molecular weight is 366 g/mol. The summed E-state index contributed by atoms with van der Waals surface area (Å²) in [6, 6.07) is 4.79. The van der Waals surface area contributed by atoms with Crippen LogP contribution in [0.4, 0.5) is 18.3 Å². The number of carbonyl (C=O) groups is 1. The lowest BCUT2D eigenvalue weighted by Crippen LogP contribution is -2.25. The number of hydrogen-bond acceptors (Lipinski definition) is 5. The summed E-state index contributed by atoms with van der Waals surface area (Å²) < 4.78 is 37.8. The van der Waals surface area contributed by atoms with Crippen LogP contribution in [-0.4, -0.2) is 28.9 Å². The zero-order valence-electron chi connectivity index (χ0n) is 12.9. The van der Waals surface area contributed by atoms with E-state index >= 15 is 0 Å². The van der Waals surface area contributed by atoms with Gasteiger partial charge in [-0.2, -0.15) is 18.4 Å². The van der Waals surface area contributed by atoms with Crippen molar-refractivity contribution in [3.8, 4) is 16.6 Å². The van der Waals surface area contributed by atoms with Gasteiger partial charge in [-0.25, -0.2) is 4.98 Å². The van der Waals surface area contributed by atoms with Crippen LogP contribution in [0.5, 0.6) is 0 Å². The highest BCUT2D eigenvalue weighted by Gasteiger charge is 2.30. The molecule has 1 aromatic carbocycles. The van der Waals surface area contributed by atoms with Gasteiger partial charge in [-0.1, -0.05) is 23.5 Å². The number of halogens is 3. The van der Waals surface area contributed by atoms with Crippen LogP contribution in [0.25, 0.3) is 10.4 Å². The molecule has 25 heavy (non-hydrogen) atoms. The van der Waals surface area contributed by atoms with Gasteiger partial charge in [0.05, 0.1) is 16.4 Å². The lowest BCUT2D eigenvalue weighted by Gasteiger charge is -2.08. The molecule has 1 aromatic heterocycles. The Kier molecular flexibility index (Phi) is 4.63. The molecule has 1 aliphatic heterocycles. The van der Waals surface area contributed by atoms with Gasteiger partial charge in [0.25, 0.3) is 0 Å². The molecule has 9 heteroatoms. The number of amides is 1. The van der Waals surface area contributed by atoms with Gasteiger partial charge in [0.1, 0.15) is 0 Å². The molecule has 0 aliphatic carbocycles. The van der Waals surface area contributed by atoms with E-state index in [2.05, 4.69) is 10.3 Å². The standard InChI is InChI=1S/C16H13F3N4OS/c17-16(18,19)12-3-1-10(2-4-12)13-7-21-15(25-13)22-14(24)11-5-6-23(8-11)9-20/h1-4,7,11H,5-6,8H2,(H,21,22,24)/t11-/m0/s1. The third-order valence-electron chi connectivity index (χ3n) is 3.93. The molecule has 0 bridgehead atoms. The van der Waals surface area contributed by atoms with E-state index in [0.29, 0.717) is 35.1 Å². The average Bonchev–Trinajstić information content (AvgIpc) is 3.23. The summed E-state index contributed by atoms with van der Waals surface area (Å²) in [6.07, 6.45) is -0.237. The number of thiazole rings is 1. The van der Waals surface area contributed by atoms with Crippen LogP contribution >= 0.6 is 11.3 Å². The lowest BCUT2D eigenvalue weighted by molar-refractivity contribution is -0.137. The Hall–Kier alpha value is -2.60. The second kappa shape index (κ2) is 6.72. The minimum Gasteiger partial charge on any atom is -0.310 e. The number of nitrogens with one attached hydrogen (secondary N) is 1. The van der Waals surface area contributed by atoms with Gasteiger partial charge >= 0.3 is 6.18 Å². The maximum absolute atomic E-state index is 12.6. The summed E-state index contributed by atoms with van der Waals surface area (Å²) in [5, 5.41) is 11.9. The van der Waals surface area contributed by atoms with Crippen LogP contribution in [0.3, 0.4) is 0 Å². The Bertz CT molecular complexity index is 810. The van der Waals surface area contributed by atoms with Crippen molar-refractivity contribution in [3.05, 3.63) is 36.0 Å². The third-order valence-corrected chi connectivity index (χ3v) is 4.89. The smallest absolute Gasteiger partial charge is 0.310 e. The first-order chi connectivity index (χ1) is 11.9. The number of alkyl halides is 3. The maximum Gasteiger partial charge on any atom is 0.416 e. The SMILES string of the molecule is N#CN1CC[C@H](C(=O)Nc2ncc(-c3ccc(C(F)(F)F)cc3)s2)C1. The molecule has 1 saturated heterocycles. The second-order valence-corrected chi connectivity index (χ2v) is 6.66. The van der Waals surface area contributed by atoms with Crippen molar-refractivity contribution in [1.82, 2.24) is 9.88 Å². The van der Waals surface area contributed by atoms with Gasteiger partial charge in [-0.05, 0) is 24.1 Å². The fourth-order valence-electron chi connectivity index (χ4n) is 2.56. The summed E-state index contributed by atoms with van der Waals surface area (Å²) in [7, 11) is 0. The molecule has 2 aromatic rings. The van der Waals surface area contributed by atoms with E-state index in [4.69, 9.17) is 5.26 Å². The normalized spacial score (nSPS) is 17.4. The van der Waals surface area contributed by atoms with Crippen molar-refractivity contribution in [2.75, 3.05) is 18.4 Å². The van der Waals surface area contributed by atoms with E-state index < -0.39 is 11.7 Å². The van der Waals surface area contributed by atoms with E-state index in [1.54, 1.807) is 0 Å². The van der Waals surface area contributed by atoms with E-state index in [9.17, 15) is 18.0 Å². The highest BCUT2D eigenvalue weighted by atomic mass is 32.1. The van der Waals surface area contributed by atoms with Crippen molar-refractivity contribution < 1.29 is 18.0 Å². The monoisotopic (exact) mass is 366 g/mol. The fraction of sp³-hybridized carbons (Fsp3) is 0.312. The summed E-state index contributed by atoms with van der Waals surface area (Å²) in [5.74, 6) is -0.468. The van der Waals surface area contributed by atoms with Gasteiger partial charge in [-0.15, -0.1) is 0 Å². The molecule has 3 rings (SSSR count). The number of rotatable bonds is 3. The molecule has 130 valence electrons. The van der Waals surface area contributed by atoms with Crippen molar-refractivity contribution >= 4 is 22.4 Å². The van der Waals surface area contributed by atoms with Crippen LogP contribution in [-0.2, 0) is 11.0 Å². The molecular formula is C16H13F3N4OS. The fourth-order valence-corrected chi connectivity index (χ4v) is 3.39. The minimum absolute atomic E-state index is 0.203. The number of benzene rings is 1. The number of nitrogens with zero attached hydrogens (tertiary/aromatic N) is 3. The van der Waals surface area contributed by atoms with Crippen LogP contribution in [0.15, 0.2) is 30.5 Å². The Balaban J connectivity index is 1.66. The maximum atomic E-state index is 12.6. The summed E-state index contributed by atoms with van der Waals surface area (Å²) in [6.45, 7) is 0.947. The molecule has 0 saturated carbocycles. The summed E-state index contributed by atoms with van der Waals surface area (Å²) >= 11 is 1.19. The Labute approximate surface area is 145 Å². The van der Waals surface area contributed by atoms with Gasteiger partial charge < -0.3 is 10.2 Å². The number of nitriles is 1. The largest absolute Gasteiger partial charge is 0.416 e. The van der Waals surface area contributed by atoms with Crippen LogP contribution in [0.1, 0.15) is 12.0 Å². The van der Waals surface area contributed by atoms with Crippen molar-refractivity contribution in [2.45, 2.75) is 12.6 Å². The van der Waals surface area contributed by atoms with E-state index in [-0.39, 0.29) is 11.8 Å². The molecule has 1 aliphatic rings. The molecule has 1 atom stereocenters. The van der Waals surface area contributed by atoms with Gasteiger partial charge in [0.15, 0.2) is 11.3 Å². The summed E-state index contributed by atoms with van der Waals surface area (Å²) in [4.78, 5) is 18.5. The topological polar surface area (TPSA) is 69.0 Å². The Morgan fingerprint density at radius 3 is 2.68 bits per heavy atom. The predicted octanol–water partition coefficient (Wildman–Crippen LogP) is 3.57. The van der Waals surface area contributed by atoms with Crippen LogP contribution < -0.4 is 5.32 Å². The molecule has 0 radical (unpaired) electrons. The molecule has 2 heterocycles. The van der Waals surface area contributed by atoms with E-state index in [1.807, 2.05) is 6.19 Å². The molecule has 1 amide bonds.